The molecule has 12 heavy (non-hydrogen) atoms. The van der Waals surface area contributed by atoms with Crippen molar-refractivity contribution in [1.29, 1.82) is 0 Å². The molecule has 0 aliphatic carbocycles. The predicted molar refractivity (Wildman–Crippen MR) is 45.2 cm³/mol. The first-order valence-corrected chi connectivity index (χ1v) is 3.45. The van der Waals surface area contributed by atoms with Gasteiger partial charge in [0.05, 0.1) is 13.0 Å². The van der Waals surface area contributed by atoms with Gasteiger partial charge in [-0.2, -0.15) is 0 Å². The van der Waals surface area contributed by atoms with Crippen LogP contribution in [0.2, 0.25) is 0 Å². The normalized spacial score (nSPS) is 11.8. The van der Waals surface area contributed by atoms with Crippen LogP contribution in [0.5, 0.6) is 0 Å². The molecule has 1 atom stereocenters. The van der Waals surface area contributed by atoms with Gasteiger partial charge in [-0.1, -0.05) is 0 Å². The zero-order chi connectivity index (χ0) is 8.69. The molecule has 0 aromatic carbocycles. The highest BCUT2D eigenvalue weighted by Crippen LogP contribution is 1.84. The SMILES string of the molecule is N.NC(CNCCO)CC(=O)O. The Labute approximate surface area is 71.3 Å². The molecule has 0 saturated heterocycles. The van der Waals surface area contributed by atoms with Gasteiger partial charge in [0, 0.05) is 19.1 Å². The highest BCUT2D eigenvalue weighted by atomic mass is 16.4. The largest absolute Gasteiger partial charge is 0.481 e. The van der Waals surface area contributed by atoms with Gasteiger partial charge in [0.1, 0.15) is 0 Å². The van der Waals surface area contributed by atoms with Crippen molar-refractivity contribution in [2.75, 3.05) is 19.7 Å². The number of aliphatic carboxylic acids is 1. The highest BCUT2D eigenvalue weighted by molar-refractivity contribution is 5.67. The van der Waals surface area contributed by atoms with Crippen molar-refractivity contribution in [3.05, 3.63) is 0 Å². The molecule has 74 valence electrons. The van der Waals surface area contributed by atoms with Gasteiger partial charge in [0.15, 0.2) is 0 Å². The van der Waals surface area contributed by atoms with E-state index in [2.05, 4.69) is 5.32 Å². The second-order valence-corrected chi connectivity index (χ2v) is 2.29. The summed E-state index contributed by atoms with van der Waals surface area (Å²) in [5.41, 5.74) is 5.39. The molecular formula is C6H17N3O3. The van der Waals surface area contributed by atoms with Crippen LogP contribution < -0.4 is 17.2 Å². The second kappa shape index (κ2) is 8.41. The smallest absolute Gasteiger partial charge is 0.304 e. The lowest BCUT2D eigenvalue weighted by molar-refractivity contribution is -0.137. The highest BCUT2D eigenvalue weighted by Gasteiger charge is 2.06. The molecule has 0 fully saturated rings. The third-order valence-corrected chi connectivity index (χ3v) is 1.13. The van der Waals surface area contributed by atoms with Gasteiger partial charge in [-0.05, 0) is 0 Å². The van der Waals surface area contributed by atoms with E-state index in [1.807, 2.05) is 0 Å². The first-order chi connectivity index (χ1) is 5.16. The van der Waals surface area contributed by atoms with Crippen LogP contribution in [0.25, 0.3) is 0 Å². The van der Waals surface area contributed by atoms with Crippen molar-refractivity contribution >= 4 is 5.97 Å². The van der Waals surface area contributed by atoms with Crippen molar-refractivity contribution in [2.45, 2.75) is 12.5 Å². The van der Waals surface area contributed by atoms with E-state index in [9.17, 15) is 4.79 Å². The number of aliphatic hydroxyl groups excluding tert-OH is 1. The fourth-order valence-electron chi connectivity index (χ4n) is 0.663. The minimum Gasteiger partial charge on any atom is -0.481 e. The van der Waals surface area contributed by atoms with Crippen molar-refractivity contribution < 1.29 is 15.0 Å². The van der Waals surface area contributed by atoms with E-state index in [1.165, 1.54) is 0 Å². The van der Waals surface area contributed by atoms with Crippen LogP contribution >= 0.6 is 0 Å². The van der Waals surface area contributed by atoms with Gasteiger partial charge in [0.2, 0.25) is 0 Å². The van der Waals surface area contributed by atoms with Gasteiger partial charge in [-0.25, -0.2) is 0 Å². The van der Waals surface area contributed by atoms with E-state index in [1.54, 1.807) is 0 Å². The standard InChI is InChI=1S/C6H14N2O3.H3N/c7-5(3-6(10)11)4-8-1-2-9;/h5,8-9H,1-4,7H2,(H,10,11);1H3. The number of nitrogens with two attached hydrogens (primary N) is 1. The molecule has 6 heteroatoms. The van der Waals surface area contributed by atoms with Crippen molar-refractivity contribution in [1.82, 2.24) is 11.5 Å². The van der Waals surface area contributed by atoms with E-state index >= 15 is 0 Å². The summed E-state index contributed by atoms with van der Waals surface area (Å²) in [6, 6.07) is -0.376. The lowest BCUT2D eigenvalue weighted by Crippen LogP contribution is -2.36. The Morgan fingerprint density at radius 2 is 2.17 bits per heavy atom. The number of hydrogen-bond acceptors (Lipinski definition) is 5. The molecule has 0 aromatic heterocycles. The molecule has 0 radical (unpaired) electrons. The Kier molecular flexibility index (Phi) is 9.72. The van der Waals surface area contributed by atoms with E-state index < -0.39 is 5.97 Å². The molecule has 6 nitrogen and oxygen atoms in total. The molecule has 0 aliphatic heterocycles. The Morgan fingerprint density at radius 1 is 1.58 bits per heavy atom. The predicted octanol–water partition coefficient (Wildman–Crippen LogP) is -1.47. The minimum atomic E-state index is -0.900. The maximum atomic E-state index is 10.1. The van der Waals surface area contributed by atoms with Crippen LogP contribution in [0.1, 0.15) is 6.42 Å². The topological polar surface area (TPSA) is 131 Å². The Morgan fingerprint density at radius 3 is 2.58 bits per heavy atom. The first-order valence-electron chi connectivity index (χ1n) is 3.45. The number of carbonyl (C=O) groups is 1. The number of carboxylic acid groups (broad SMARTS) is 1. The molecule has 0 amide bonds. The third kappa shape index (κ3) is 9.31. The summed E-state index contributed by atoms with van der Waals surface area (Å²) in [6.45, 7) is 0.917. The maximum Gasteiger partial charge on any atom is 0.304 e. The maximum absolute atomic E-state index is 10.1. The van der Waals surface area contributed by atoms with E-state index in [4.69, 9.17) is 15.9 Å². The van der Waals surface area contributed by atoms with Crippen LogP contribution in [0.4, 0.5) is 0 Å². The summed E-state index contributed by atoms with van der Waals surface area (Å²) in [5, 5.41) is 19.4. The molecule has 8 N–H and O–H groups in total. The van der Waals surface area contributed by atoms with Crippen LogP contribution in [-0.4, -0.2) is 41.9 Å². The summed E-state index contributed by atoms with van der Waals surface area (Å²) in [7, 11) is 0. The number of hydrogen-bond donors (Lipinski definition) is 5. The summed E-state index contributed by atoms with van der Waals surface area (Å²) in [5.74, 6) is -0.900. The van der Waals surface area contributed by atoms with E-state index in [0.29, 0.717) is 13.1 Å². The average molecular weight is 179 g/mol. The van der Waals surface area contributed by atoms with Crippen LogP contribution in [-0.2, 0) is 4.79 Å². The molecular weight excluding hydrogens is 162 g/mol. The van der Waals surface area contributed by atoms with Crippen LogP contribution in [0.3, 0.4) is 0 Å². The Bertz CT molecular complexity index is 121. The molecule has 0 rings (SSSR count). The molecule has 0 bridgehead atoms. The van der Waals surface area contributed by atoms with E-state index in [0.717, 1.165) is 0 Å². The molecule has 0 spiro atoms. The molecule has 1 unspecified atom stereocenters. The first kappa shape index (κ1) is 13.9. The van der Waals surface area contributed by atoms with Crippen molar-refractivity contribution in [2.24, 2.45) is 5.73 Å². The Hall–Kier alpha value is -0.690. The third-order valence-electron chi connectivity index (χ3n) is 1.13. The fraction of sp³-hybridized carbons (Fsp3) is 0.833. The van der Waals surface area contributed by atoms with Crippen LogP contribution in [0, 0.1) is 0 Å². The van der Waals surface area contributed by atoms with Crippen molar-refractivity contribution in [3.63, 3.8) is 0 Å². The number of aliphatic hydroxyl groups is 1. The van der Waals surface area contributed by atoms with Crippen molar-refractivity contribution in [3.8, 4) is 0 Å². The average Bonchev–Trinajstić information content (AvgIpc) is 1.86. The zero-order valence-corrected chi connectivity index (χ0v) is 6.99. The number of nitrogens with one attached hydrogen (secondary N) is 1. The molecule has 0 aliphatic rings. The summed E-state index contributed by atoms with van der Waals surface area (Å²) in [4.78, 5) is 10.1. The van der Waals surface area contributed by atoms with Gasteiger partial charge in [-0.3, -0.25) is 4.79 Å². The molecule has 0 aromatic rings. The van der Waals surface area contributed by atoms with Gasteiger partial charge in [-0.15, -0.1) is 0 Å². The van der Waals surface area contributed by atoms with Crippen LogP contribution in [0.15, 0.2) is 0 Å². The summed E-state index contributed by atoms with van der Waals surface area (Å²) >= 11 is 0. The number of rotatable bonds is 6. The summed E-state index contributed by atoms with van der Waals surface area (Å²) in [6.07, 6.45) is -0.0432. The minimum absolute atomic E-state index is 0. The van der Waals surface area contributed by atoms with Gasteiger partial charge >= 0.3 is 5.97 Å². The van der Waals surface area contributed by atoms with E-state index in [-0.39, 0.29) is 25.2 Å². The lowest BCUT2D eigenvalue weighted by atomic mass is 10.2. The lowest BCUT2D eigenvalue weighted by Gasteiger charge is -2.08. The summed E-state index contributed by atoms with van der Waals surface area (Å²) < 4.78 is 0. The fourth-order valence-corrected chi connectivity index (χ4v) is 0.663. The molecule has 0 saturated carbocycles. The Balaban J connectivity index is 0. The molecule has 0 heterocycles. The zero-order valence-electron chi connectivity index (χ0n) is 6.99. The van der Waals surface area contributed by atoms with Gasteiger partial charge in [0.25, 0.3) is 0 Å². The monoisotopic (exact) mass is 179 g/mol. The second-order valence-electron chi connectivity index (χ2n) is 2.29. The number of carboxylic acids is 1. The quantitative estimate of drug-likeness (QED) is 0.316. The van der Waals surface area contributed by atoms with Gasteiger partial charge < -0.3 is 27.4 Å².